The minimum Gasteiger partial charge on any atom is -0.437 e. The minimum absolute atomic E-state index is 0.420. The Morgan fingerprint density at radius 3 is 2.83 bits per heavy atom. The van der Waals surface area contributed by atoms with Gasteiger partial charge in [0.15, 0.2) is 5.84 Å². The van der Waals surface area contributed by atoms with Gasteiger partial charge in [-0.05, 0) is 31.2 Å². The molecule has 0 atom stereocenters. The van der Waals surface area contributed by atoms with Crippen LogP contribution in [0.3, 0.4) is 0 Å². The molecule has 1 aliphatic heterocycles. The van der Waals surface area contributed by atoms with Gasteiger partial charge in [0.1, 0.15) is 5.75 Å². The monoisotopic (exact) mass is 330 g/mol. The molecule has 23 heavy (non-hydrogen) atoms. The highest BCUT2D eigenvalue weighted by Gasteiger charge is 2.22. The van der Waals surface area contributed by atoms with Crippen LogP contribution in [0, 0.1) is 6.92 Å². The SMILES string of the molecule is Cc1ccc(/C(=N/O)N2CCSCC2)c(Oc2cccnc2)n1. The topological polar surface area (TPSA) is 70.8 Å². The largest absolute Gasteiger partial charge is 0.437 e. The molecule has 1 saturated heterocycles. The predicted molar refractivity (Wildman–Crippen MR) is 90.5 cm³/mol. The maximum atomic E-state index is 9.54. The summed E-state index contributed by atoms with van der Waals surface area (Å²) in [5.74, 6) is 3.54. The van der Waals surface area contributed by atoms with Crippen LogP contribution in [0.2, 0.25) is 0 Å². The summed E-state index contributed by atoms with van der Waals surface area (Å²) in [6, 6.07) is 7.38. The molecule has 3 heterocycles. The highest BCUT2D eigenvalue weighted by molar-refractivity contribution is 7.99. The van der Waals surface area contributed by atoms with E-state index < -0.39 is 0 Å². The number of hydrogen-bond acceptors (Lipinski definition) is 6. The zero-order chi connectivity index (χ0) is 16.1. The average molecular weight is 330 g/mol. The molecule has 0 radical (unpaired) electrons. The molecule has 0 aliphatic carbocycles. The maximum Gasteiger partial charge on any atom is 0.230 e. The summed E-state index contributed by atoms with van der Waals surface area (Å²) in [5, 5.41) is 13.0. The van der Waals surface area contributed by atoms with E-state index in [0.29, 0.717) is 23.0 Å². The normalized spacial score (nSPS) is 15.5. The number of ether oxygens (including phenoxy) is 1. The third-order valence-corrected chi connectivity index (χ3v) is 4.44. The molecular formula is C16H18N4O2S. The molecule has 1 N–H and O–H groups in total. The number of amidine groups is 1. The van der Waals surface area contributed by atoms with Crippen molar-refractivity contribution in [2.75, 3.05) is 24.6 Å². The second kappa shape index (κ2) is 7.32. The predicted octanol–water partition coefficient (Wildman–Crippen LogP) is 2.76. The Balaban J connectivity index is 1.94. The lowest BCUT2D eigenvalue weighted by molar-refractivity contribution is 0.303. The molecule has 0 unspecified atom stereocenters. The Bertz CT molecular complexity index is 688. The summed E-state index contributed by atoms with van der Waals surface area (Å²) in [4.78, 5) is 10.6. The van der Waals surface area contributed by atoms with Crippen molar-refractivity contribution in [2.24, 2.45) is 5.16 Å². The molecule has 0 bridgehead atoms. The van der Waals surface area contributed by atoms with Crippen LogP contribution in [0.15, 0.2) is 41.8 Å². The maximum absolute atomic E-state index is 9.54. The van der Waals surface area contributed by atoms with Crippen LogP contribution < -0.4 is 4.74 Å². The van der Waals surface area contributed by atoms with Crippen molar-refractivity contribution < 1.29 is 9.94 Å². The summed E-state index contributed by atoms with van der Waals surface area (Å²) in [5.41, 5.74) is 1.51. The van der Waals surface area contributed by atoms with E-state index in [0.717, 1.165) is 30.3 Å². The van der Waals surface area contributed by atoms with Gasteiger partial charge in [-0.15, -0.1) is 0 Å². The van der Waals surface area contributed by atoms with Gasteiger partial charge in [0.2, 0.25) is 5.88 Å². The lowest BCUT2D eigenvalue weighted by Gasteiger charge is -2.29. The molecule has 1 aliphatic rings. The van der Waals surface area contributed by atoms with E-state index in [1.807, 2.05) is 36.9 Å². The van der Waals surface area contributed by atoms with E-state index in [-0.39, 0.29) is 0 Å². The molecule has 2 aromatic rings. The number of oxime groups is 1. The van der Waals surface area contributed by atoms with Gasteiger partial charge in [-0.1, -0.05) is 5.16 Å². The van der Waals surface area contributed by atoms with Crippen molar-refractivity contribution in [1.29, 1.82) is 0 Å². The number of nitrogens with zero attached hydrogens (tertiary/aromatic N) is 4. The van der Waals surface area contributed by atoms with Crippen LogP contribution in [0.5, 0.6) is 11.6 Å². The standard InChI is InChI=1S/C16H18N4O2S/c1-12-4-5-14(15(19-21)20-7-9-23-10-8-20)16(18-12)22-13-3-2-6-17-11-13/h2-6,11,21H,7-10H2,1H3/b19-15-. The first kappa shape index (κ1) is 15.6. The van der Waals surface area contributed by atoms with E-state index in [9.17, 15) is 5.21 Å². The molecule has 0 spiro atoms. The van der Waals surface area contributed by atoms with Gasteiger partial charge in [0.25, 0.3) is 0 Å². The Morgan fingerprint density at radius 2 is 2.13 bits per heavy atom. The van der Waals surface area contributed by atoms with E-state index in [2.05, 4.69) is 20.0 Å². The molecule has 0 saturated carbocycles. The number of thioether (sulfide) groups is 1. The van der Waals surface area contributed by atoms with Gasteiger partial charge in [-0.25, -0.2) is 4.98 Å². The minimum atomic E-state index is 0.420. The van der Waals surface area contributed by atoms with Gasteiger partial charge < -0.3 is 14.8 Å². The summed E-state index contributed by atoms with van der Waals surface area (Å²) in [6.07, 6.45) is 3.31. The van der Waals surface area contributed by atoms with Gasteiger partial charge in [0.05, 0.1) is 11.8 Å². The van der Waals surface area contributed by atoms with Gasteiger partial charge in [-0.3, -0.25) is 4.98 Å². The molecule has 6 nitrogen and oxygen atoms in total. The molecule has 7 heteroatoms. The zero-order valence-corrected chi connectivity index (χ0v) is 13.7. The highest BCUT2D eigenvalue weighted by Crippen LogP contribution is 2.25. The van der Waals surface area contributed by atoms with Gasteiger partial charge in [-0.2, -0.15) is 11.8 Å². The number of aromatic nitrogens is 2. The molecular weight excluding hydrogens is 312 g/mol. The van der Waals surface area contributed by atoms with Crippen molar-refractivity contribution in [3.63, 3.8) is 0 Å². The average Bonchev–Trinajstić information content (AvgIpc) is 2.59. The first-order valence-electron chi connectivity index (χ1n) is 7.38. The van der Waals surface area contributed by atoms with Gasteiger partial charge >= 0.3 is 0 Å². The van der Waals surface area contributed by atoms with E-state index in [4.69, 9.17) is 4.74 Å². The molecule has 120 valence electrons. The highest BCUT2D eigenvalue weighted by atomic mass is 32.2. The third-order valence-electron chi connectivity index (χ3n) is 3.49. The Kier molecular flexibility index (Phi) is 4.97. The summed E-state index contributed by atoms with van der Waals surface area (Å²) in [7, 11) is 0. The van der Waals surface area contributed by atoms with Crippen LogP contribution in [0.4, 0.5) is 0 Å². The lowest BCUT2D eigenvalue weighted by atomic mass is 10.2. The molecule has 2 aromatic heterocycles. The number of hydrogen-bond donors (Lipinski definition) is 1. The van der Waals surface area contributed by atoms with E-state index in [1.54, 1.807) is 18.5 Å². The fourth-order valence-corrected chi connectivity index (χ4v) is 3.27. The van der Waals surface area contributed by atoms with Crippen LogP contribution in [-0.4, -0.2) is 50.5 Å². The molecule has 0 aromatic carbocycles. The quantitative estimate of drug-likeness (QED) is 0.404. The zero-order valence-electron chi connectivity index (χ0n) is 12.8. The molecule has 3 rings (SSSR count). The van der Waals surface area contributed by atoms with Crippen molar-refractivity contribution in [2.45, 2.75) is 6.92 Å². The fourth-order valence-electron chi connectivity index (χ4n) is 2.36. The first-order chi connectivity index (χ1) is 11.3. The Labute approximate surface area is 139 Å². The second-order valence-corrected chi connectivity index (χ2v) is 6.34. The summed E-state index contributed by atoms with van der Waals surface area (Å²) >= 11 is 1.90. The van der Waals surface area contributed by atoms with Crippen molar-refractivity contribution in [1.82, 2.24) is 14.9 Å². The van der Waals surface area contributed by atoms with Crippen LogP contribution >= 0.6 is 11.8 Å². The second-order valence-electron chi connectivity index (χ2n) is 5.12. The number of pyridine rings is 2. The smallest absolute Gasteiger partial charge is 0.230 e. The van der Waals surface area contributed by atoms with Crippen molar-refractivity contribution >= 4 is 17.6 Å². The fraction of sp³-hybridized carbons (Fsp3) is 0.312. The van der Waals surface area contributed by atoms with E-state index in [1.165, 1.54) is 0 Å². The molecule has 0 amide bonds. The van der Waals surface area contributed by atoms with Crippen molar-refractivity contribution in [3.8, 4) is 11.6 Å². The summed E-state index contributed by atoms with van der Waals surface area (Å²) < 4.78 is 5.87. The van der Waals surface area contributed by atoms with Crippen LogP contribution in [-0.2, 0) is 0 Å². The number of aryl methyl sites for hydroxylation is 1. The van der Waals surface area contributed by atoms with Crippen molar-refractivity contribution in [3.05, 3.63) is 47.9 Å². The number of rotatable bonds is 3. The van der Waals surface area contributed by atoms with Crippen LogP contribution in [0.25, 0.3) is 0 Å². The Morgan fingerprint density at radius 1 is 1.30 bits per heavy atom. The summed E-state index contributed by atoms with van der Waals surface area (Å²) in [6.45, 7) is 3.57. The lowest BCUT2D eigenvalue weighted by Crippen LogP contribution is -2.38. The van der Waals surface area contributed by atoms with Gasteiger partial charge in [0, 0.05) is 36.5 Å². The van der Waals surface area contributed by atoms with E-state index >= 15 is 0 Å². The first-order valence-corrected chi connectivity index (χ1v) is 8.54. The van der Waals surface area contributed by atoms with Crippen LogP contribution in [0.1, 0.15) is 11.3 Å². The Hall–Kier alpha value is -2.28. The third kappa shape index (κ3) is 3.73. The molecule has 1 fully saturated rings.